The number of ether oxygens (including phenoxy) is 1. The highest BCUT2D eigenvalue weighted by atomic mass is 16.5. The third kappa shape index (κ3) is 3.24. The van der Waals surface area contributed by atoms with E-state index >= 15 is 0 Å². The third-order valence-corrected chi connectivity index (χ3v) is 4.11. The van der Waals surface area contributed by atoms with Crippen molar-refractivity contribution in [2.75, 3.05) is 7.11 Å². The number of hydrogen-bond acceptors (Lipinski definition) is 4. The number of methoxy groups -OCH3 is 1. The van der Waals surface area contributed by atoms with Gasteiger partial charge in [-0.3, -0.25) is 4.79 Å². The van der Waals surface area contributed by atoms with Gasteiger partial charge in [-0.05, 0) is 55.3 Å². The van der Waals surface area contributed by atoms with Crippen LogP contribution in [0.1, 0.15) is 23.3 Å². The van der Waals surface area contributed by atoms with Crippen LogP contribution in [0.5, 0.6) is 5.75 Å². The molecule has 0 atom stereocenters. The van der Waals surface area contributed by atoms with E-state index in [-0.39, 0.29) is 11.9 Å². The van der Waals surface area contributed by atoms with Crippen LogP contribution < -0.4 is 10.1 Å². The zero-order valence-electron chi connectivity index (χ0n) is 13.8. The molecule has 0 unspecified atom stereocenters. The maximum atomic E-state index is 12.4. The van der Waals surface area contributed by atoms with Crippen LogP contribution in [0, 0.1) is 0 Å². The molecule has 126 valence electrons. The van der Waals surface area contributed by atoms with Crippen molar-refractivity contribution in [3.8, 4) is 22.8 Å². The Kier molecular flexibility index (Phi) is 3.93. The van der Waals surface area contributed by atoms with Crippen molar-refractivity contribution < 1.29 is 9.53 Å². The zero-order chi connectivity index (χ0) is 17.2. The summed E-state index contributed by atoms with van der Waals surface area (Å²) in [6, 6.07) is 15.3. The minimum Gasteiger partial charge on any atom is -0.497 e. The first-order chi connectivity index (χ1) is 12.2. The summed E-state index contributed by atoms with van der Waals surface area (Å²) in [6.45, 7) is 0. The summed E-state index contributed by atoms with van der Waals surface area (Å²) in [4.78, 5) is 16.8. The highest BCUT2D eigenvalue weighted by Gasteiger charge is 2.26. The van der Waals surface area contributed by atoms with Gasteiger partial charge in [0.15, 0.2) is 11.5 Å². The second-order valence-corrected chi connectivity index (χ2v) is 5.99. The van der Waals surface area contributed by atoms with E-state index in [1.807, 2.05) is 42.5 Å². The van der Waals surface area contributed by atoms with Gasteiger partial charge >= 0.3 is 0 Å². The predicted molar refractivity (Wildman–Crippen MR) is 93.8 cm³/mol. The van der Waals surface area contributed by atoms with Crippen LogP contribution in [0.4, 0.5) is 0 Å². The molecular weight excluding hydrogens is 316 g/mol. The first kappa shape index (κ1) is 15.4. The van der Waals surface area contributed by atoms with Crippen molar-refractivity contribution in [1.29, 1.82) is 0 Å². The second-order valence-electron chi connectivity index (χ2n) is 5.99. The van der Waals surface area contributed by atoms with Crippen molar-refractivity contribution in [2.24, 2.45) is 0 Å². The number of amides is 1. The molecule has 4 rings (SSSR count). The Balaban J connectivity index is 1.76. The molecule has 2 aromatic heterocycles. The van der Waals surface area contributed by atoms with Crippen LogP contribution in [0.15, 0.2) is 54.7 Å². The number of rotatable bonds is 5. The van der Waals surface area contributed by atoms with Crippen molar-refractivity contribution in [1.82, 2.24) is 20.1 Å². The van der Waals surface area contributed by atoms with Crippen LogP contribution in [0.2, 0.25) is 0 Å². The molecule has 0 aliphatic heterocycles. The molecule has 3 aromatic rings. The Morgan fingerprint density at radius 2 is 2.00 bits per heavy atom. The minimum absolute atomic E-state index is 0.146. The first-order valence-electron chi connectivity index (χ1n) is 8.21. The van der Waals surface area contributed by atoms with Crippen molar-refractivity contribution in [3.63, 3.8) is 0 Å². The summed E-state index contributed by atoms with van der Waals surface area (Å²) >= 11 is 0. The molecular formula is C19H18N4O2. The molecule has 0 spiro atoms. The molecule has 6 heteroatoms. The third-order valence-electron chi connectivity index (χ3n) is 4.11. The van der Waals surface area contributed by atoms with Crippen LogP contribution in [0.25, 0.3) is 17.1 Å². The standard InChI is InChI=1S/C19H18N4O2/c1-25-15-9-5-13(6-10-15)17-12-16(19(24)21-14-7-8-14)22-23(17)18-4-2-3-11-20-18/h2-6,9-12,14H,7-8H2,1H3,(H,21,24). The van der Waals surface area contributed by atoms with E-state index in [9.17, 15) is 4.79 Å². The molecule has 0 saturated heterocycles. The number of nitrogens with zero attached hydrogens (tertiary/aromatic N) is 3. The highest BCUT2D eigenvalue weighted by Crippen LogP contribution is 2.26. The van der Waals surface area contributed by atoms with Gasteiger partial charge in [0.1, 0.15) is 5.75 Å². The highest BCUT2D eigenvalue weighted by molar-refractivity contribution is 5.94. The van der Waals surface area contributed by atoms with Gasteiger partial charge in [0.25, 0.3) is 5.91 Å². The fourth-order valence-electron chi connectivity index (χ4n) is 2.60. The largest absolute Gasteiger partial charge is 0.497 e. The molecule has 1 amide bonds. The Labute approximate surface area is 145 Å². The fourth-order valence-corrected chi connectivity index (χ4v) is 2.60. The second kappa shape index (κ2) is 6.39. The number of carbonyl (C=O) groups is 1. The normalized spacial score (nSPS) is 13.5. The van der Waals surface area contributed by atoms with Gasteiger partial charge < -0.3 is 10.1 Å². The van der Waals surface area contributed by atoms with E-state index in [2.05, 4.69) is 15.4 Å². The molecule has 6 nitrogen and oxygen atoms in total. The molecule has 1 aliphatic carbocycles. The average Bonchev–Trinajstić information content (AvgIpc) is 3.36. The number of carbonyl (C=O) groups excluding carboxylic acids is 1. The molecule has 1 aromatic carbocycles. The summed E-state index contributed by atoms with van der Waals surface area (Å²) in [7, 11) is 1.63. The van der Waals surface area contributed by atoms with Crippen molar-refractivity contribution >= 4 is 5.91 Å². The Morgan fingerprint density at radius 3 is 2.64 bits per heavy atom. The summed E-state index contributed by atoms with van der Waals surface area (Å²) in [5.74, 6) is 1.30. The lowest BCUT2D eigenvalue weighted by molar-refractivity contribution is 0.0945. The monoisotopic (exact) mass is 334 g/mol. The molecule has 1 fully saturated rings. The van der Waals surface area contributed by atoms with Crippen LogP contribution in [0.3, 0.4) is 0 Å². The fraction of sp³-hybridized carbons (Fsp3) is 0.211. The quantitative estimate of drug-likeness (QED) is 0.779. The van der Waals surface area contributed by atoms with Gasteiger partial charge in [0.2, 0.25) is 0 Å². The maximum absolute atomic E-state index is 12.4. The lowest BCUT2D eigenvalue weighted by Crippen LogP contribution is -2.25. The molecule has 25 heavy (non-hydrogen) atoms. The lowest BCUT2D eigenvalue weighted by Gasteiger charge is -2.07. The molecule has 0 radical (unpaired) electrons. The SMILES string of the molecule is COc1ccc(-c2cc(C(=O)NC3CC3)nn2-c2ccccn2)cc1. The molecule has 2 heterocycles. The van der Waals surface area contributed by atoms with Crippen LogP contribution >= 0.6 is 0 Å². The minimum atomic E-state index is -0.146. The summed E-state index contributed by atoms with van der Waals surface area (Å²) in [5.41, 5.74) is 2.13. The Hall–Kier alpha value is -3.15. The predicted octanol–water partition coefficient (Wildman–Crippen LogP) is 2.84. The zero-order valence-corrected chi connectivity index (χ0v) is 13.8. The van der Waals surface area contributed by atoms with E-state index in [0.717, 1.165) is 29.8 Å². The van der Waals surface area contributed by atoms with Crippen molar-refractivity contribution in [2.45, 2.75) is 18.9 Å². The summed E-state index contributed by atoms with van der Waals surface area (Å²) in [6.07, 6.45) is 3.79. The van der Waals surface area contributed by atoms with Gasteiger partial charge in [0, 0.05) is 17.8 Å². The first-order valence-corrected chi connectivity index (χ1v) is 8.21. The lowest BCUT2D eigenvalue weighted by atomic mass is 10.1. The summed E-state index contributed by atoms with van der Waals surface area (Å²) < 4.78 is 6.91. The smallest absolute Gasteiger partial charge is 0.272 e. The topological polar surface area (TPSA) is 69.0 Å². The van der Waals surface area contributed by atoms with Crippen LogP contribution in [-0.4, -0.2) is 33.8 Å². The molecule has 1 N–H and O–H groups in total. The van der Waals surface area contributed by atoms with Gasteiger partial charge in [-0.15, -0.1) is 0 Å². The van der Waals surface area contributed by atoms with Crippen LogP contribution in [-0.2, 0) is 0 Å². The van der Waals surface area contributed by atoms with E-state index in [0.29, 0.717) is 11.5 Å². The number of hydrogen-bond donors (Lipinski definition) is 1. The number of pyridine rings is 1. The summed E-state index contributed by atoms with van der Waals surface area (Å²) in [5, 5.41) is 7.47. The van der Waals surface area contributed by atoms with Gasteiger partial charge in [-0.2, -0.15) is 5.10 Å². The number of benzene rings is 1. The Morgan fingerprint density at radius 1 is 1.20 bits per heavy atom. The van der Waals surface area contributed by atoms with Crippen molar-refractivity contribution in [3.05, 3.63) is 60.4 Å². The maximum Gasteiger partial charge on any atom is 0.272 e. The van der Waals surface area contributed by atoms with E-state index in [4.69, 9.17) is 4.74 Å². The van der Waals surface area contributed by atoms with Gasteiger partial charge in [-0.1, -0.05) is 6.07 Å². The molecule has 1 aliphatic rings. The van der Waals surface area contributed by atoms with E-state index in [1.54, 1.807) is 24.1 Å². The number of nitrogens with one attached hydrogen (secondary N) is 1. The van der Waals surface area contributed by atoms with Gasteiger partial charge in [-0.25, -0.2) is 9.67 Å². The van der Waals surface area contributed by atoms with E-state index < -0.39 is 0 Å². The average molecular weight is 334 g/mol. The van der Waals surface area contributed by atoms with Gasteiger partial charge in [0.05, 0.1) is 12.8 Å². The molecule has 1 saturated carbocycles. The molecule has 0 bridgehead atoms. The Bertz CT molecular complexity index is 884. The number of aromatic nitrogens is 3. The van der Waals surface area contributed by atoms with E-state index in [1.165, 1.54) is 0 Å².